The number of fused-ring (bicyclic) bond motifs is 1. The highest BCUT2D eigenvalue weighted by molar-refractivity contribution is 5.71. The van der Waals surface area contributed by atoms with Crippen molar-refractivity contribution < 1.29 is 19.1 Å². The zero-order chi connectivity index (χ0) is 21.4. The van der Waals surface area contributed by atoms with Gasteiger partial charge < -0.3 is 9.47 Å². The van der Waals surface area contributed by atoms with E-state index in [9.17, 15) is 9.59 Å². The van der Waals surface area contributed by atoms with Crippen molar-refractivity contribution in [3.8, 4) is 11.5 Å². The number of esters is 2. The normalized spacial score (nSPS) is 28.4. The first-order valence-electron chi connectivity index (χ1n) is 10.7. The summed E-state index contributed by atoms with van der Waals surface area (Å²) in [6.07, 6.45) is 6.67. The third-order valence-electron chi connectivity index (χ3n) is 7.29. The third kappa shape index (κ3) is 4.41. The van der Waals surface area contributed by atoms with Crippen molar-refractivity contribution in [3.05, 3.63) is 35.9 Å². The van der Waals surface area contributed by atoms with E-state index in [2.05, 4.69) is 27.4 Å². The Morgan fingerprint density at radius 1 is 1.10 bits per heavy atom. The van der Waals surface area contributed by atoms with Gasteiger partial charge in [0.05, 0.1) is 0 Å². The van der Waals surface area contributed by atoms with Crippen molar-refractivity contribution in [3.63, 3.8) is 0 Å². The molecule has 158 valence electrons. The number of ether oxygens (including phenoxy) is 2. The Morgan fingerprint density at radius 2 is 1.79 bits per heavy atom. The lowest BCUT2D eigenvalue weighted by molar-refractivity contribution is -0.133. The Bertz CT molecular complexity index is 822. The summed E-state index contributed by atoms with van der Waals surface area (Å²) in [4.78, 5) is 23.1. The van der Waals surface area contributed by atoms with Crippen molar-refractivity contribution in [2.75, 3.05) is 0 Å². The quantitative estimate of drug-likeness (QED) is 0.361. The van der Waals surface area contributed by atoms with Gasteiger partial charge in [-0.1, -0.05) is 39.3 Å². The molecule has 3 atom stereocenters. The lowest BCUT2D eigenvalue weighted by Crippen LogP contribution is -2.50. The monoisotopic (exact) mass is 398 g/mol. The van der Waals surface area contributed by atoms with E-state index in [0.29, 0.717) is 28.7 Å². The molecule has 0 N–H and O–H groups in total. The second-order valence-corrected chi connectivity index (χ2v) is 9.81. The maximum Gasteiger partial charge on any atom is 0.308 e. The number of carbonyl (C=O) groups excluding carboxylic acids is 2. The molecule has 4 nitrogen and oxygen atoms in total. The van der Waals surface area contributed by atoms with E-state index >= 15 is 0 Å². The first kappa shape index (κ1) is 21.6. The van der Waals surface area contributed by atoms with Crippen LogP contribution in [0.2, 0.25) is 0 Å². The van der Waals surface area contributed by atoms with Gasteiger partial charge in [0.15, 0.2) is 0 Å². The number of allylic oxidation sites excluding steroid dienone is 1. The molecule has 2 aliphatic rings. The maximum atomic E-state index is 11.6. The Hall–Kier alpha value is -2.10. The van der Waals surface area contributed by atoms with Crippen LogP contribution in [-0.4, -0.2) is 11.9 Å². The van der Waals surface area contributed by atoms with Crippen LogP contribution >= 0.6 is 0 Å². The molecule has 1 aromatic rings. The topological polar surface area (TPSA) is 52.6 Å². The van der Waals surface area contributed by atoms with Crippen molar-refractivity contribution in [2.45, 2.75) is 73.1 Å². The lowest BCUT2D eigenvalue weighted by atomic mass is 9.47. The van der Waals surface area contributed by atoms with Crippen LogP contribution in [0.4, 0.5) is 0 Å². The van der Waals surface area contributed by atoms with E-state index < -0.39 is 0 Å². The first-order valence-corrected chi connectivity index (χ1v) is 10.7. The van der Waals surface area contributed by atoms with Gasteiger partial charge in [-0.15, -0.1) is 0 Å². The molecule has 0 saturated heterocycles. The minimum absolute atomic E-state index is 0.169. The van der Waals surface area contributed by atoms with Gasteiger partial charge >= 0.3 is 11.9 Å². The molecular weight excluding hydrogens is 364 g/mol. The standard InChI is InChI=1S/C25H34O4/c1-16-8-11-23-24(4,5)12-7-13-25(23,6)21(16)15-19-14-20(28-17(2)26)9-10-22(19)29-18(3)27/h9-10,14,21,23H,1,7-8,11-13,15H2,2-6H3. The van der Waals surface area contributed by atoms with Crippen molar-refractivity contribution >= 4 is 11.9 Å². The summed E-state index contributed by atoms with van der Waals surface area (Å²) < 4.78 is 10.8. The SMILES string of the molecule is C=C1CCC2C(C)(C)CCCC2(C)C1Cc1cc(OC(C)=O)ccc1OC(C)=O. The van der Waals surface area contributed by atoms with Crippen LogP contribution < -0.4 is 9.47 Å². The first-order chi connectivity index (χ1) is 13.5. The molecule has 2 aliphatic carbocycles. The van der Waals surface area contributed by atoms with Gasteiger partial charge in [0, 0.05) is 13.8 Å². The fourth-order valence-corrected chi connectivity index (χ4v) is 6.07. The summed E-state index contributed by atoms with van der Waals surface area (Å²) in [5.41, 5.74) is 2.68. The Kier molecular flexibility index (Phi) is 5.93. The number of carbonyl (C=O) groups is 2. The summed E-state index contributed by atoms with van der Waals surface area (Å²) >= 11 is 0. The number of hydrogen-bond donors (Lipinski definition) is 0. The van der Waals surface area contributed by atoms with Gasteiger partial charge in [-0.2, -0.15) is 0 Å². The molecule has 0 amide bonds. The van der Waals surface area contributed by atoms with Crippen LogP contribution in [0.5, 0.6) is 11.5 Å². The number of hydrogen-bond acceptors (Lipinski definition) is 4. The van der Waals surface area contributed by atoms with Crippen LogP contribution in [0.15, 0.2) is 30.4 Å². The Morgan fingerprint density at radius 3 is 2.45 bits per heavy atom. The summed E-state index contributed by atoms with van der Waals surface area (Å²) in [6.45, 7) is 14.5. The molecule has 0 spiro atoms. The lowest BCUT2D eigenvalue weighted by Gasteiger charge is -2.58. The zero-order valence-corrected chi connectivity index (χ0v) is 18.5. The van der Waals surface area contributed by atoms with E-state index in [1.165, 1.54) is 45.1 Å². The van der Waals surface area contributed by atoms with Crippen molar-refractivity contribution in [1.29, 1.82) is 0 Å². The minimum atomic E-state index is -0.362. The van der Waals surface area contributed by atoms with Gasteiger partial charge in [0.1, 0.15) is 11.5 Å². The molecule has 29 heavy (non-hydrogen) atoms. The number of rotatable bonds is 4. The second kappa shape index (κ2) is 7.97. The zero-order valence-electron chi connectivity index (χ0n) is 18.5. The summed E-state index contributed by atoms with van der Waals surface area (Å²) in [5, 5.41) is 0. The largest absolute Gasteiger partial charge is 0.427 e. The summed E-state index contributed by atoms with van der Waals surface area (Å²) in [5.74, 6) is 1.27. The summed E-state index contributed by atoms with van der Waals surface area (Å²) in [7, 11) is 0. The summed E-state index contributed by atoms with van der Waals surface area (Å²) in [6, 6.07) is 5.24. The average Bonchev–Trinajstić information content (AvgIpc) is 2.58. The molecule has 4 heteroatoms. The highest BCUT2D eigenvalue weighted by Crippen LogP contribution is 2.61. The van der Waals surface area contributed by atoms with Crippen molar-refractivity contribution in [1.82, 2.24) is 0 Å². The molecule has 0 heterocycles. The van der Waals surface area contributed by atoms with E-state index in [4.69, 9.17) is 9.47 Å². The smallest absolute Gasteiger partial charge is 0.308 e. The molecule has 0 aromatic heterocycles. The van der Waals surface area contributed by atoms with Crippen LogP contribution in [0, 0.1) is 22.7 Å². The van der Waals surface area contributed by atoms with E-state index in [-0.39, 0.29) is 17.4 Å². The number of benzene rings is 1. The second-order valence-electron chi connectivity index (χ2n) is 9.81. The molecule has 0 aliphatic heterocycles. The maximum absolute atomic E-state index is 11.6. The molecule has 0 bridgehead atoms. The van der Waals surface area contributed by atoms with Gasteiger partial charge in [0.2, 0.25) is 0 Å². The predicted molar refractivity (Wildman–Crippen MR) is 114 cm³/mol. The predicted octanol–water partition coefficient (Wildman–Crippen LogP) is 5.88. The van der Waals surface area contributed by atoms with Gasteiger partial charge in [-0.3, -0.25) is 9.59 Å². The molecule has 0 radical (unpaired) electrons. The third-order valence-corrected chi connectivity index (χ3v) is 7.29. The molecule has 3 unspecified atom stereocenters. The molecule has 2 saturated carbocycles. The fourth-order valence-electron chi connectivity index (χ4n) is 6.07. The molecular formula is C25H34O4. The van der Waals surface area contributed by atoms with Crippen LogP contribution in [0.1, 0.15) is 72.3 Å². The van der Waals surface area contributed by atoms with Gasteiger partial charge in [0.25, 0.3) is 0 Å². The minimum Gasteiger partial charge on any atom is -0.427 e. The van der Waals surface area contributed by atoms with Crippen LogP contribution in [0.25, 0.3) is 0 Å². The highest BCUT2D eigenvalue weighted by atomic mass is 16.5. The molecule has 3 rings (SSSR count). The van der Waals surface area contributed by atoms with Gasteiger partial charge in [-0.05, 0) is 78.5 Å². The van der Waals surface area contributed by atoms with Crippen LogP contribution in [0.3, 0.4) is 0 Å². The van der Waals surface area contributed by atoms with E-state index in [0.717, 1.165) is 18.4 Å². The highest BCUT2D eigenvalue weighted by Gasteiger charge is 2.52. The molecule has 1 aromatic carbocycles. The van der Waals surface area contributed by atoms with Crippen molar-refractivity contribution in [2.24, 2.45) is 22.7 Å². The fraction of sp³-hybridized carbons (Fsp3) is 0.600. The van der Waals surface area contributed by atoms with E-state index in [1.54, 1.807) is 12.1 Å². The average molecular weight is 399 g/mol. The molecule has 2 fully saturated rings. The van der Waals surface area contributed by atoms with Crippen LogP contribution in [-0.2, 0) is 16.0 Å². The Balaban J connectivity index is 1.98. The Labute approximate surface area is 174 Å². The van der Waals surface area contributed by atoms with E-state index in [1.807, 2.05) is 6.07 Å². The van der Waals surface area contributed by atoms with Gasteiger partial charge in [-0.25, -0.2) is 0 Å².